The normalized spacial score (nSPS) is 12.1. The van der Waals surface area contributed by atoms with Gasteiger partial charge in [-0.3, -0.25) is 10.1 Å². The fourth-order valence-corrected chi connectivity index (χ4v) is 6.03. The number of unbranched alkanes of at least 4 members (excludes halogenated alkanes) is 5. The Morgan fingerprint density at radius 3 is 2.27 bits per heavy atom. The summed E-state index contributed by atoms with van der Waals surface area (Å²) in [5.74, 6) is -1.19. The molecule has 1 unspecified atom stereocenters. The van der Waals surface area contributed by atoms with Crippen molar-refractivity contribution in [1.29, 1.82) is 0 Å². The number of benzene rings is 3. The van der Waals surface area contributed by atoms with Gasteiger partial charge in [0.15, 0.2) is 6.61 Å². The smallest absolute Gasteiger partial charge is 0.416 e. The fourth-order valence-electron chi connectivity index (χ4n) is 5.17. The molecule has 0 spiro atoms. The van der Waals surface area contributed by atoms with Crippen LogP contribution in [0.15, 0.2) is 78.2 Å². The Kier molecular flexibility index (Phi) is 14.2. The van der Waals surface area contributed by atoms with E-state index in [1.54, 1.807) is 29.2 Å². The topological polar surface area (TPSA) is 112 Å². The van der Waals surface area contributed by atoms with Crippen molar-refractivity contribution in [3.05, 3.63) is 106 Å². The first-order valence-electron chi connectivity index (χ1n) is 16.4. The van der Waals surface area contributed by atoms with Crippen LogP contribution in [-0.2, 0) is 23.9 Å². The summed E-state index contributed by atoms with van der Waals surface area (Å²) in [6.45, 7) is 2.86. The second-order valence-electron chi connectivity index (χ2n) is 11.8. The summed E-state index contributed by atoms with van der Waals surface area (Å²) >= 11 is 1.46. The van der Waals surface area contributed by atoms with Crippen molar-refractivity contribution in [2.24, 2.45) is 0 Å². The number of carbonyl (C=O) groups is 2. The van der Waals surface area contributed by atoms with Gasteiger partial charge < -0.3 is 19.8 Å². The van der Waals surface area contributed by atoms with E-state index in [-0.39, 0.29) is 18.7 Å². The molecule has 0 radical (unpaired) electrons. The lowest BCUT2D eigenvalue weighted by Gasteiger charge is -2.23. The van der Waals surface area contributed by atoms with Gasteiger partial charge in [0, 0.05) is 36.0 Å². The van der Waals surface area contributed by atoms with Crippen molar-refractivity contribution in [3.8, 4) is 16.3 Å². The Balaban J connectivity index is 1.39. The van der Waals surface area contributed by atoms with E-state index in [1.165, 1.54) is 49.2 Å². The van der Waals surface area contributed by atoms with Gasteiger partial charge in [-0.15, -0.1) is 11.3 Å². The highest BCUT2D eigenvalue weighted by Gasteiger charge is 2.30. The van der Waals surface area contributed by atoms with Gasteiger partial charge in [-0.05, 0) is 60.5 Å². The van der Waals surface area contributed by atoms with E-state index in [0.717, 1.165) is 58.9 Å². The molecular formula is C37H42F3N3O5S. The van der Waals surface area contributed by atoms with E-state index >= 15 is 0 Å². The van der Waals surface area contributed by atoms with Gasteiger partial charge in [0.1, 0.15) is 17.0 Å². The van der Waals surface area contributed by atoms with Crippen molar-refractivity contribution in [2.75, 3.05) is 19.7 Å². The van der Waals surface area contributed by atoms with Gasteiger partial charge in [0.25, 0.3) is 5.91 Å². The molecule has 0 saturated heterocycles. The molecule has 49 heavy (non-hydrogen) atoms. The third-order valence-electron chi connectivity index (χ3n) is 7.94. The number of ether oxygens (including phenoxy) is 1. The van der Waals surface area contributed by atoms with E-state index < -0.39 is 36.5 Å². The molecule has 0 aliphatic heterocycles. The largest absolute Gasteiger partial charge is 0.482 e. The van der Waals surface area contributed by atoms with E-state index in [2.05, 4.69) is 12.2 Å². The van der Waals surface area contributed by atoms with Crippen LogP contribution in [0.4, 0.5) is 13.2 Å². The fraction of sp³-hybridized carbons (Fsp3) is 0.378. The van der Waals surface area contributed by atoms with Crippen LogP contribution in [0.5, 0.6) is 5.75 Å². The number of alkyl halides is 3. The summed E-state index contributed by atoms with van der Waals surface area (Å²) in [5.41, 5.74) is 2.43. The first kappa shape index (κ1) is 37.6. The van der Waals surface area contributed by atoms with Gasteiger partial charge in [0.05, 0.1) is 11.3 Å². The summed E-state index contributed by atoms with van der Waals surface area (Å²) in [7, 11) is 0. The Morgan fingerprint density at radius 1 is 0.939 bits per heavy atom. The van der Waals surface area contributed by atoms with Crippen molar-refractivity contribution in [1.82, 2.24) is 15.2 Å². The number of carboxylic acid groups (broad SMARTS) is 1. The van der Waals surface area contributed by atoms with Crippen molar-refractivity contribution in [2.45, 2.75) is 70.8 Å². The molecule has 4 rings (SSSR count). The Bertz CT molecular complexity index is 1610. The average Bonchev–Trinajstić information content (AvgIpc) is 3.58. The highest BCUT2D eigenvalue weighted by Crippen LogP contribution is 2.30. The minimum absolute atomic E-state index is 0.122. The minimum atomic E-state index is -4.52. The van der Waals surface area contributed by atoms with Gasteiger partial charge in [-0.2, -0.15) is 13.2 Å². The predicted octanol–water partition coefficient (Wildman–Crippen LogP) is 8.12. The first-order chi connectivity index (χ1) is 23.5. The number of aliphatic carboxylic acids is 1. The standard InChI is InChI=1S/C37H42F3N3O5S/c1-2-3-4-5-6-7-21-41-34(46)27-10-12-28(13-11-27)35-42-31(25-49-35)20-22-43(23-26-8-18-32(19-9-26)48-24-33(44)45)36(47)29-14-16-30(17-15-29)37(38,39)40/h8-19,25,34,41,46H,2-7,20-24H2,1H3,(H,44,45). The van der Waals surface area contributed by atoms with Crippen molar-refractivity contribution in [3.63, 3.8) is 0 Å². The number of rotatable bonds is 19. The summed E-state index contributed by atoms with van der Waals surface area (Å²) in [6, 6.07) is 18.3. The summed E-state index contributed by atoms with van der Waals surface area (Å²) in [4.78, 5) is 30.6. The predicted molar refractivity (Wildman–Crippen MR) is 183 cm³/mol. The average molecular weight is 698 g/mol. The van der Waals surface area contributed by atoms with E-state index in [0.29, 0.717) is 12.2 Å². The molecule has 0 bridgehead atoms. The van der Waals surface area contributed by atoms with Crippen molar-refractivity contribution >= 4 is 23.2 Å². The van der Waals surface area contributed by atoms with Crippen LogP contribution < -0.4 is 10.1 Å². The Labute approximate surface area is 288 Å². The van der Waals surface area contributed by atoms with E-state index in [9.17, 15) is 27.9 Å². The number of carboxylic acids is 1. The molecule has 1 amide bonds. The number of thiazole rings is 1. The quantitative estimate of drug-likeness (QED) is 0.0671. The molecule has 3 N–H and O–H groups in total. The van der Waals surface area contributed by atoms with E-state index in [1.807, 2.05) is 29.6 Å². The number of hydrogen-bond donors (Lipinski definition) is 3. The van der Waals surface area contributed by atoms with Crippen LogP contribution in [-0.4, -0.2) is 51.7 Å². The zero-order valence-corrected chi connectivity index (χ0v) is 28.2. The second kappa shape index (κ2) is 18.5. The lowest BCUT2D eigenvalue weighted by molar-refractivity contribution is -0.139. The molecule has 1 heterocycles. The van der Waals surface area contributed by atoms with Crippen LogP contribution in [0, 0.1) is 0 Å². The van der Waals surface area contributed by atoms with Crippen molar-refractivity contribution < 1.29 is 37.7 Å². The maximum atomic E-state index is 13.5. The maximum Gasteiger partial charge on any atom is 0.416 e. The lowest BCUT2D eigenvalue weighted by atomic mass is 10.1. The molecule has 1 atom stereocenters. The minimum Gasteiger partial charge on any atom is -0.482 e. The van der Waals surface area contributed by atoms with Crippen LogP contribution in [0.3, 0.4) is 0 Å². The highest BCUT2D eigenvalue weighted by atomic mass is 32.1. The number of amides is 1. The summed E-state index contributed by atoms with van der Waals surface area (Å²) in [5, 5.41) is 25.3. The number of nitrogens with zero attached hydrogens (tertiary/aromatic N) is 2. The zero-order valence-electron chi connectivity index (χ0n) is 27.4. The SMILES string of the molecule is CCCCCCCCNC(O)c1ccc(-c2nc(CCN(Cc3ccc(OCC(=O)O)cc3)C(=O)c3ccc(C(F)(F)F)cc3)cs2)cc1. The van der Waals surface area contributed by atoms with Gasteiger partial charge in [-0.25, -0.2) is 9.78 Å². The molecule has 0 saturated carbocycles. The Hall–Kier alpha value is -4.26. The molecule has 8 nitrogen and oxygen atoms in total. The number of halogens is 3. The second-order valence-corrected chi connectivity index (χ2v) is 12.6. The third-order valence-corrected chi connectivity index (χ3v) is 8.88. The number of hydrogen-bond acceptors (Lipinski definition) is 7. The number of nitrogens with one attached hydrogen (secondary N) is 1. The Morgan fingerprint density at radius 2 is 1.61 bits per heavy atom. The molecular weight excluding hydrogens is 655 g/mol. The summed E-state index contributed by atoms with van der Waals surface area (Å²) < 4.78 is 44.6. The van der Waals surface area contributed by atoms with E-state index in [4.69, 9.17) is 14.8 Å². The molecule has 4 aromatic rings. The molecule has 3 aromatic carbocycles. The molecule has 12 heteroatoms. The molecule has 1 aromatic heterocycles. The first-order valence-corrected chi connectivity index (χ1v) is 17.3. The molecule has 0 aliphatic rings. The van der Waals surface area contributed by atoms with Crippen LogP contribution >= 0.6 is 11.3 Å². The number of aliphatic hydroxyl groups is 1. The highest BCUT2D eigenvalue weighted by molar-refractivity contribution is 7.13. The maximum absolute atomic E-state index is 13.5. The zero-order chi connectivity index (χ0) is 35.2. The third kappa shape index (κ3) is 12.0. The summed E-state index contributed by atoms with van der Waals surface area (Å²) in [6.07, 6.45) is 2.24. The molecule has 0 aliphatic carbocycles. The van der Waals surface area contributed by atoms with Gasteiger partial charge in [0.2, 0.25) is 0 Å². The number of carbonyl (C=O) groups excluding carboxylic acids is 1. The number of aromatic nitrogens is 1. The van der Waals surface area contributed by atoms with Gasteiger partial charge in [-0.1, -0.05) is 75.4 Å². The monoisotopic (exact) mass is 697 g/mol. The number of aliphatic hydroxyl groups excluding tert-OH is 1. The molecule has 262 valence electrons. The lowest BCUT2D eigenvalue weighted by Crippen LogP contribution is -2.32. The van der Waals surface area contributed by atoms with Gasteiger partial charge >= 0.3 is 12.1 Å². The van der Waals surface area contributed by atoms with Crippen LogP contribution in [0.2, 0.25) is 0 Å². The van der Waals surface area contributed by atoms with Crippen LogP contribution in [0.25, 0.3) is 10.6 Å². The van der Waals surface area contributed by atoms with Crippen LogP contribution in [0.1, 0.15) is 84.4 Å². The molecule has 0 fully saturated rings.